The molecule has 0 spiro atoms. The van der Waals surface area contributed by atoms with Gasteiger partial charge in [-0.15, -0.1) is 0 Å². The molecule has 0 atom stereocenters. The lowest BCUT2D eigenvalue weighted by Crippen LogP contribution is -2.24. The molecule has 1 aliphatic rings. The Morgan fingerprint density at radius 2 is 1.68 bits per heavy atom. The van der Waals surface area contributed by atoms with Gasteiger partial charge in [0.05, 0.1) is 24.9 Å². The van der Waals surface area contributed by atoms with E-state index < -0.39 is 5.97 Å². The Balaban J connectivity index is 2.09. The standard InChI is InChI=1S/C23H23NO4/c1-5-28-23(26)21-16(3)24(18-10-12-19(27-4)13-11-18)22(25)20(21)14-17-8-6-15(2)7-9-17/h6-14H,5H2,1-4H3/b20-14+. The molecule has 144 valence electrons. The first-order chi connectivity index (χ1) is 13.5. The Bertz CT molecular complexity index is 953. The summed E-state index contributed by atoms with van der Waals surface area (Å²) in [5.41, 5.74) is 3.81. The highest BCUT2D eigenvalue weighted by molar-refractivity contribution is 6.23. The molecular weight excluding hydrogens is 354 g/mol. The zero-order chi connectivity index (χ0) is 20.3. The van der Waals surface area contributed by atoms with Gasteiger partial charge >= 0.3 is 5.97 Å². The van der Waals surface area contributed by atoms with Gasteiger partial charge in [-0.2, -0.15) is 0 Å². The number of carbonyl (C=O) groups is 2. The molecule has 28 heavy (non-hydrogen) atoms. The molecule has 3 rings (SSSR count). The number of rotatable bonds is 5. The van der Waals surface area contributed by atoms with Gasteiger partial charge in [-0.25, -0.2) is 4.79 Å². The van der Waals surface area contributed by atoms with Crippen LogP contribution < -0.4 is 9.64 Å². The third-order valence-corrected chi connectivity index (χ3v) is 4.60. The van der Waals surface area contributed by atoms with Crippen LogP contribution in [0.5, 0.6) is 5.75 Å². The average molecular weight is 377 g/mol. The molecule has 0 N–H and O–H groups in total. The number of hydrogen-bond donors (Lipinski definition) is 0. The molecule has 1 amide bonds. The van der Waals surface area contributed by atoms with Crippen molar-refractivity contribution >= 4 is 23.6 Å². The van der Waals surface area contributed by atoms with Crippen LogP contribution in [0, 0.1) is 6.92 Å². The topological polar surface area (TPSA) is 55.8 Å². The van der Waals surface area contributed by atoms with Crippen molar-refractivity contribution in [3.8, 4) is 5.75 Å². The third-order valence-electron chi connectivity index (χ3n) is 4.60. The number of hydrogen-bond acceptors (Lipinski definition) is 4. The lowest BCUT2D eigenvalue weighted by molar-refractivity contribution is -0.138. The Kier molecular flexibility index (Phi) is 5.64. The molecule has 1 heterocycles. The molecule has 0 unspecified atom stereocenters. The first-order valence-corrected chi connectivity index (χ1v) is 9.11. The number of ether oxygens (including phenoxy) is 2. The van der Waals surface area contributed by atoms with Gasteiger partial charge in [-0.1, -0.05) is 29.8 Å². The summed E-state index contributed by atoms with van der Waals surface area (Å²) in [6, 6.07) is 14.9. The van der Waals surface area contributed by atoms with Crippen LogP contribution in [0.3, 0.4) is 0 Å². The Hall–Kier alpha value is -3.34. The highest BCUT2D eigenvalue weighted by Gasteiger charge is 2.38. The molecule has 2 aromatic carbocycles. The minimum Gasteiger partial charge on any atom is -0.497 e. The third kappa shape index (κ3) is 3.69. The summed E-state index contributed by atoms with van der Waals surface area (Å²) < 4.78 is 10.4. The molecule has 1 aliphatic heterocycles. The minimum atomic E-state index is -0.497. The Morgan fingerprint density at radius 3 is 2.25 bits per heavy atom. The van der Waals surface area contributed by atoms with Crippen LogP contribution in [0.25, 0.3) is 6.08 Å². The Labute approximate surface area is 164 Å². The summed E-state index contributed by atoms with van der Waals surface area (Å²) in [5, 5.41) is 0. The molecule has 0 fully saturated rings. The SMILES string of the molecule is CCOC(=O)C1=C(C)N(c2ccc(OC)cc2)C(=O)/C1=C/c1ccc(C)cc1. The van der Waals surface area contributed by atoms with Crippen LogP contribution in [0.1, 0.15) is 25.0 Å². The van der Waals surface area contributed by atoms with Crippen LogP contribution >= 0.6 is 0 Å². The summed E-state index contributed by atoms with van der Waals surface area (Å²) in [6.45, 7) is 5.74. The highest BCUT2D eigenvalue weighted by Crippen LogP contribution is 2.36. The minimum absolute atomic E-state index is 0.240. The summed E-state index contributed by atoms with van der Waals surface area (Å²) in [4.78, 5) is 27.4. The van der Waals surface area contributed by atoms with Gasteiger partial charge in [0.2, 0.25) is 0 Å². The van der Waals surface area contributed by atoms with Crippen LogP contribution in [-0.4, -0.2) is 25.6 Å². The van der Waals surface area contributed by atoms with E-state index in [1.165, 1.54) is 4.90 Å². The zero-order valence-electron chi connectivity index (χ0n) is 16.5. The summed E-state index contributed by atoms with van der Waals surface area (Å²) in [5.74, 6) is -0.0629. The zero-order valence-corrected chi connectivity index (χ0v) is 16.5. The number of allylic oxidation sites excluding steroid dienone is 1. The summed E-state index contributed by atoms with van der Waals surface area (Å²) >= 11 is 0. The van der Waals surface area contributed by atoms with Crippen LogP contribution in [-0.2, 0) is 14.3 Å². The van der Waals surface area contributed by atoms with E-state index in [0.717, 1.165) is 11.1 Å². The van der Waals surface area contributed by atoms with Gasteiger partial charge in [0, 0.05) is 11.4 Å². The van der Waals surface area contributed by atoms with Gasteiger partial charge in [-0.05, 0) is 56.7 Å². The van der Waals surface area contributed by atoms with E-state index in [9.17, 15) is 9.59 Å². The van der Waals surface area contributed by atoms with Gasteiger partial charge in [-0.3, -0.25) is 9.69 Å². The number of aryl methyl sites for hydroxylation is 1. The van der Waals surface area contributed by atoms with Gasteiger partial charge in [0.15, 0.2) is 0 Å². The van der Waals surface area contributed by atoms with Crippen molar-refractivity contribution in [1.82, 2.24) is 0 Å². The number of methoxy groups -OCH3 is 1. The van der Waals surface area contributed by atoms with Gasteiger partial charge in [0.1, 0.15) is 5.75 Å². The van der Waals surface area contributed by atoms with E-state index in [2.05, 4.69) is 0 Å². The number of benzene rings is 2. The number of esters is 1. The van der Waals surface area contributed by atoms with E-state index in [1.54, 1.807) is 51.3 Å². The van der Waals surface area contributed by atoms with E-state index >= 15 is 0 Å². The van der Waals surface area contributed by atoms with Crippen LogP contribution in [0.15, 0.2) is 65.4 Å². The van der Waals surface area contributed by atoms with E-state index in [-0.39, 0.29) is 12.5 Å². The largest absolute Gasteiger partial charge is 0.497 e. The van der Waals surface area contributed by atoms with Gasteiger partial charge in [0.25, 0.3) is 5.91 Å². The number of carbonyl (C=O) groups excluding carboxylic acids is 2. The van der Waals surface area contributed by atoms with Crippen molar-refractivity contribution in [1.29, 1.82) is 0 Å². The number of anilines is 1. The number of nitrogens with zero attached hydrogens (tertiary/aromatic N) is 1. The first kappa shape index (κ1) is 19.4. The van der Waals surface area contributed by atoms with E-state index in [1.807, 2.05) is 31.2 Å². The molecule has 0 saturated heterocycles. The van der Waals surface area contributed by atoms with E-state index in [4.69, 9.17) is 9.47 Å². The van der Waals surface area contributed by atoms with Crippen molar-refractivity contribution in [2.24, 2.45) is 0 Å². The first-order valence-electron chi connectivity index (χ1n) is 9.11. The fourth-order valence-corrected chi connectivity index (χ4v) is 3.15. The van der Waals surface area contributed by atoms with Crippen molar-refractivity contribution in [2.45, 2.75) is 20.8 Å². The second-order valence-corrected chi connectivity index (χ2v) is 6.49. The lowest BCUT2D eigenvalue weighted by atomic mass is 10.0. The molecule has 5 heteroatoms. The molecule has 0 aromatic heterocycles. The maximum absolute atomic E-state index is 13.2. The maximum atomic E-state index is 13.2. The molecule has 0 radical (unpaired) electrons. The van der Waals surface area contributed by atoms with Crippen molar-refractivity contribution in [3.05, 3.63) is 76.5 Å². The van der Waals surface area contributed by atoms with Crippen molar-refractivity contribution in [3.63, 3.8) is 0 Å². The molecule has 0 aliphatic carbocycles. The summed E-state index contributed by atoms with van der Waals surface area (Å²) in [7, 11) is 1.59. The van der Waals surface area contributed by atoms with Gasteiger partial charge < -0.3 is 9.47 Å². The van der Waals surface area contributed by atoms with E-state index in [0.29, 0.717) is 28.3 Å². The second-order valence-electron chi connectivity index (χ2n) is 6.49. The summed E-state index contributed by atoms with van der Waals surface area (Å²) in [6.07, 6.45) is 1.74. The number of amides is 1. The predicted molar refractivity (Wildman–Crippen MR) is 109 cm³/mol. The smallest absolute Gasteiger partial charge is 0.340 e. The maximum Gasteiger partial charge on any atom is 0.340 e. The predicted octanol–water partition coefficient (Wildman–Crippen LogP) is 4.27. The second kappa shape index (κ2) is 8.13. The fourth-order valence-electron chi connectivity index (χ4n) is 3.15. The molecule has 2 aromatic rings. The normalized spacial score (nSPS) is 15.4. The Morgan fingerprint density at radius 1 is 1.04 bits per heavy atom. The van der Waals surface area contributed by atoms with Crippen LogP contribution in [0.2, 0.25) is 0 Å². The quantitative estimate of drug-likeness (QED) is 0.577. The van der Waals surface area contributed by atoms with Crippen molar-refractivity contribution < 1.29 is 19.1 Å². The lowest BCUT2D eigenvalue weighted by Gasteiger charge is -2.18. The molecule has 5 nitrogen and oxygen atoms in total. The monoisotopic (exact) mass is 377 g/mol. The van der Waals surface area contributed by atoms with Crippen LogP contribution in [0.4, 0.5) is 5.69 Å². The average Bonchev–Trinajstić information content (AvgIpc) is 2.93. The molecular formula is C23H23NO4. The highest BCUT2D eigenvalue weighted by atomic mass is 16.5. The molecule has 0 bridgehead atoms. The van der Waals surface area contributed by atoms with Crippen molar-refractivity contribution in [2.75, 3.05) is 18.6 Å². The fraction of sp³-hybridized carbons (Fsp3) is 0.217. The molecule has 0 saturated carbocycles.